The van der Waals surface area contributed by atoms with E-state index in [4.69, 9.17) is 4.74 Å². The summed E-state index contributed by atoms with van der Waals surface area (Å²) in [6, 6.07) is 16.3. The lowest BCUT2D eigenvalue weighted by Gasteiger charge is -2.31. The average Bonchev–Trinajstić information content (AvgIpc) is 3.09. The molecule has 7 heteroatoms. The number of nitrogens with zero attached hydrogens (tertiary/aromatic N) is 1. The maximum Gasteiger partial charge on any atom is 0.244 e. The van der Waals surface area contributed by atoms with Crippen molar-refractivity contribution in [1.29, 1.82) is 0 Å². The summed E-state index contributed by atoms with van der Waals surface area (Å²) in [6.45, 7) is 1.18. The van der Waals surface area contributed by atoms with Crippen molar-refractivity contribution in [2.45, 2.75) is 36.5 Å². The van der Waals surface area contributed by atoms with E-state index in [2.05, 4.69) is 5.32 Å². The van der Waals surface area contributed by atoms with Gasteiger partial charge in [0, 0.05) is 25.7 Å². The van der Waals surface area contributed by atoms with Gasteiger partial charge in [-0.25, -0.2) is 8.42 Å². The number of hydrogen-bond acceptors (Lipinski definition) is 4. The Balaban J connectivity index is 1.34. The minimum atomic E-state index is -3.52. The van der Waals surface area contributed by atoms with Crippen LogP contribution in [0.3, 0.4) is 0 Å². The van der Waals surface area contributed by atoms with Crippen LogP contribution in [0.15, 0.2) is 65.6 Å². The Labute approximate surface area is 171 Å². The molecule has 0 aliphatic carbocycles. The molecule has 4 rings (SSSR count). The lowest BCUT2D eigenvalue weighted by atomic mass is 10.2. The van der Waals surface area contributed by atoms with E-state index in [-0.39, 0.29) is 23.0 Å². The first kappa shape index (κ1) is 19.8. The molecule has 2 unspecified atom stereocenters. The molecule has 29 heavy (non-hydrogen) atoms. The molecule has 2 aliphatic heterocycles. The van der Waals surface area contributed by atoms with Crippen LogP contribution < -0.4 is 5.32 Å². The SMILES string of the molecule is O=C(/C=C/c1ccccc1)NCc1ccc(S(=O)(=O)N2CC3CCC(C2)O3)cc1. The number of rotatable bonds is 6. The number of hydrogen-bond donors (Lipinski definition) is 1. The molecule has 6 nitrogen and oxygen atoms in total. The van der Waals surface area contributed by atoms with Crippen molar-refractivity contribution in [3.05, 3.63) is 71.8 Å². The summed E-state index contributed by atoms with van der Waals surface area (Å²) in [6.07, 6.45) is 5.12. The van der Waals surface area contributed by atoms with Gasteiger partial charge in [-0.05, 0) is 42.2 Å². The predicted molar refractivity (Wildman–Crippen MR) is 110 cm³/mol. The molecule has 0 radical (unpaired) electrons. The van der Waals surface area contributed by atoms with Gasteiger partial charge in [-0.3, -0.25) is 4.79 Å². The zero-order valence-corrected chi connectivity index (χ0v) is 16.8. The second kappa shape index (κ2) is 8.49. The Morgan fingerprint density at radius 2 is 1.69 bits per heavy atom. The number of carbonyl (C=O) groups is 1. The first-order valence-electron chi connectivity index (χ1n) is 9.76. The lowest BCUT2D eigenvalue weighted by Crippen LogP contribution is -2.45. The third kappa shape index (κ3) is 4.75. The number of fused-ring (bicyclic) bond motifs is 2. The van der Waals surface area contributed by atoms with E-state index in [1.807, 2.05) is 30.3 Å². The maximum atomic E-state index is 12.9. The summed E-state index contributed by atoms with van der Waals surface area (Å²) >= 11 is 0. The first-order valence-corrected chi connectivity index (χ1v) is 11.2. The van der Waals surface area contributed by atoms with Crippen molar-refractivity contribution in [2.24, 2.45) is 0 Å². The van der Waals surface area contributed by atoms with E-state index in [0.717, 1.165) is 24.0 Å². The fourth-order valence-corrected chi connectivity index (χ4v) is 5.19. The van der Waals surface area contributed by atoms with Gasteiger partial charge in [0.1, 0.15) is 0 Å². The van der Waals surface area contributed by atoms with Crippen LogP contribution in [0.5, 0.6) is 0 Å². The molecule has 152 valence electrons. The number of nitrogens with one attached hydrogen (secondary N) is 1. The topological polar surface area (TPSA) is 75.7 Å². The van der Waals surface area contributed by atoms with Gasteiger partial charge in [-0.2, -0.15) is 4.31 Å². The third-order valence-electron chi connectivity index (χ3n) is 5.26. The second-order valence-corrected chi connectivity index (χ2v) is 9.32. The number of ether oxygens (including phenoxy) is 1. The quantitative estimate of drug-likeness (QED) is 0.740. The zero-order chi connectivity index (χ0) is 20.3. The molecule has 1 N–H and O–H groups in total. The minimum Gasteiger partial charge on any atom is -0.372 e. The Morgan fingerprint density at radius 3 is 2.34 bits per heavy atom. The van der Waals surface area contributed by atoms with Crippen LogP contribution >= 0.6 is 0 Å². The normalized spacial score (nSPS) is 22.1. The van der Waals surface area contributed by atoms with Gasteiger partial charge in [0.05, 0.1) is 17.1 Å². The molecule has 2 aromatic rings. The van der Waals surface area contributed by atoms with Crippen molar-refractivity contribution < 1.29 is 17.9 Å². The summed E-state index contributed by atoms with van der Waals surface area (Å²) in [5.74, 6) is -0.200. The monoisotopic (exact) mass is 412 g/mol. The Bertz CT molecular complexity index is 975. The highest BCUT2D eigenvalue weighted by Crippen LogP contribution is 2.29. The number of sulfonamides is 1. The van der Waals surface area contributed by atoms with Crippen LogP contribution in [-0.4, -0.2) is 43.9 Å². The van der Waals surface area contributed by atoms with Gasteiger partial charge in [0.25, 0.3) is 0 Å². The van der Waals surface area contributed by atoms with Gasteiger partial charge >= 0.3 is 0 Å². The van der Waals surface area contributed by atoms with Crippen LogP contribution in [0, 0.1) is 0 Å². The molecular weight excluding hydrogens is 388 g/mol. The fourth-order valence-electron chi connectivity index (χ4n) is 3.69. The van der Waals surface area contributed by atoms with E-state index in [9.17, 15) is 13.2 Å². The second-order valence-electron chi connectivity index (χ2n) is 7.39. The van der Waals surface area contributed by atoms with Gasteiger partial charge in [-0.15, -0.1) is 0 Å². The van der Waals surface area contributed by atoms with E-state index in [1.165, 1.54) is 10.4 Å². The van der Waals surface area contributed by atoms with Crippen molar-refractivity contribution in [1.82, 2.24) is 9.62 Å². The summed E-state index contributed by atoms with van der Waals surface area (Å²) in [5, 5.41) is 2.81. The van der Waals surface area contributed by atoms with Crippen molar-refractivity contribution in [3.8, 4) is 0 Å². The zero-order valence-electron chi connectivity index (χ0n) is 16.0. The smallest absolute Gasteiger partial charge is 0.244 e. The molecule has 1 amide bonds. The van der Waals surface area contributed by atoms with Gasteiger partial charge in [0.15, 0.2) is 0 Å². The van der Waals surface area contributed by atoms with E-state index < -0.39 is 10.0 Å². The molecule has 0 spiro atoms. The molecule has 0 aromatic heterocycles. The van der Waals surface area contributed by atoms with Crippen LogP contribution in [0.4, 0.5) is 0 Å². The molecule has 2 aromatic carbocycles. The minimum absolute atomic E-state index is 0.0157. The highest BCUT2D eigenvalue weighted by atomic mass is 32.2. The Kier molecular flexibility index (Phi) is 5.80. The Morgan fingerprint density at radius 1 is 1.03 bits per heavy atom. The average molecular weight is 413 g/mol. The van der Waals surface area contributed by atoms with Crippen molar-refractivity contribution >= 4 is 22.0 Å². The number of carbonyl (C=O) groups excluding carboxylic acids is 1. The summed E-state index contributed by atoms with van der Waals surface area (Å²) < 4.78 is 33.0. The highest BCUT2D eigenvalue weighted by molar-refractivity contribution is 7.89. The fraction of sp³-hybridized carbons (Fsp3) is 0.318. The van der Waals surface area contributed by atoms with Crippen molar-refractivity contribution in [3.63, 3.8) is 0 Å². The van der Waals surface area contributed by atoms with E-state index in [0.29, 0.717) is 19.6 Å². The lowest BCUT2D eigenvalue weighted by molar-refractivity contribution is -0.116. The van der Waals surface area contributed by atoms with E-state index >= 15 is 0 Å². The van der Waals surface area contributed by atoms with Gasteiger partial charge in [0.2, 0.25) is 15.9 Å². The summed E-state index contributed by atoms with van der Waals surface area (Å²) in [5.41, 5.74) is 1.79. The molecule has 2 saturated heterocycles. The standard InChI is InChI=1S/C22H24N2O4S/c25-22(13-8-17-4-2-1-3-5-17)23-14-18-6-11-21(12-7-18)29(26,27)24-15-19-9-10-20(16-24)28-19/h1-8,11-13,19-20H,9-10,14-16H2,(H,23,25)/b13-8+. The molecule has 0 saturated carbocycles. The molecule has 2 bridgehead atoms. The summed E-state index contributed by atoms with van der Waals surface area (Å²) in [4.78, 5) is 12.3. The third-order valence-corrected chi connectivity index (χ3v) is 7.11. The van der Waals surface area contributed by atoms with Crippen LogP contribution in [0.1, 0.15) is 24.0 Å². The van der Waals surface area contributed by atoms with Crippen LogP contribution in [0.25, 0.3) is 6.08 Å². The van der Waals surface area contributed by atoms with Crippen LogP contribution in [-0.2, 0) is 26.1 Å². The van der Waals surface area contributed by atoms with Crippen LogP contribution in [0.2, 0.25) is 0 Å². The number of morpholine rings is 1. The van der Waals surface area contributed by atoms with Gasteiger partial charge < -0.3 is 10.1 Å². The maximum absolute atomic E-state index is 12.9. The molecule has 2 atom stereocenters. The molecule has 2 fully saturated rings. The van der Waals surface area contributed by atoms with E-state index in [1.54, 1.807) is 30.3 Å². The number of amides is 1. The van der Waals surface area contributed by atoms with Gasteiger partial charge in [-0.1, -0.05) is 42.5 Å². The molecule has 2 aliphatic rings. The largest absolute Gasteiger partial charge is 0.372 e. The Hall–Kier alpha value is -2.48. The highest BCUT2D eigenvalue weighted by Gasteiger charge is 2.39. The molecular formula is C22H24N2O4S. The number of benzene rings is 2. The molecule has 2 heterocycles. The summed E-state index contributed by atoms with van der Waals surface area (Å²) in [7, 11) is -3.52. The predicted octanol–water partition coefficient (Wildman–Crippen LogP) is 2.57. The van der Waals surface area contributed by atoms with Crippen molar-refractivity contribution in [2.75, 3.05) is 13.1 Å². The first-order chi connectivity index (χ1) is 14.0.